The van der Waals surface area contributed by atoms with Gasteiger partial charge in [0, 0.05) is 14.1 Å². The number of carbonyl (C=O) groups is 1. The highest BCUT2D eigenvalue weighted by Crippen LogP contribution is 2.24. The first-order valence-corrected chi connectivity index (χ1v) is 11.2. The molecule has 4 aromatic rings. The van der Waals surface area contributed by atoms with Gasteiger partial charge in [0.15, 0.2) is 16.3 Å². The van der Waals surface area contributed by atoms with Crippen molar-refractivity contribution in [2.75, 3.05) is 11.1 Å². The lowest BCUT2D eigenvalue weighted by atomic mass is 10.2. The Labute approximate surface area is 188 Å². The first-order chi connectivity index (χ1) is 15.2. The number of amides is 1. The van der Waals surface area contributed by atoms with Gasteiger partial charge in [0.25, 0.3) is 5.56 Å². The molecule has 0 saturated heterocycles. The van der Waals surface area contributed by atoms with Gasteiger partial charge >= 0.3 is 5.69 Å². The summed E-state index contributed by atoms with van der Waals surface area (Å²) >= 11 is 2.37. The smallest absolute Gasteiger partial charge is 0.309 e. The van der Waals surface area contributed by atoms with E-state index in [0.717, 1.165) is 26.9 Å². The van der Waals surface area contributed by atoms with Crippen LogP contribution < -0.4 is 16.6 Å². The van der Waals surface area contributed by atoms with Gasteiger partial charge in [-0.2, -0.15) is 0 Å². The number of anilines is 1. The number of aromatic nitrogens is 6. The molecule has 0 radical (unpaired) electrons. The Kier molecular flexibility index (Phi) is 5.93. The fourth-order valence-electron chi connectivity index (χ4n) is 3.09. The Morgan fingerprint density at radius 1 is 1.16 bits per heavy atom. The number of hydrogen-bond donors (Lipinski definition) is 1. The van der Waals surface area contributed by atoms with E-state index < -0.39 is 11.2 Å². The van der Waals surface area contributed by atoms with Crippen molar-refractivity contribution in [2.24, 2.45) is 14.1 Å². The van der Waals surface area contributed by atoms with Gasteiger partial charge in [0.2, 0.25) is 11.0 Å². The van der Waals surface area contributed by atoms with Crippen LogP contribution in [0.1, 0.15) is 10.6 Å². The number of fused-ring (bicyclic) bond motifs is 1. The van der Waals surface area contributed by atoms with E-state index in [-0.39, 0.29) is 35.2 Å². The lowest BCUT2D eigenvalue weighted by Crippen LogP contribution is -2.37. The molecule has 0 aliphatic rings. The molecule has 13 heteroatoms. The molecule has 10 nitrogen and oxygen atoms in total. The predicted octanol–water partition coefficient (Wildman–Crippen LogP) is 1.51. The first kappa shape index (κ1) is 21.9. The second-order valence-electron chi connectivity index (χ2n) is 6.95. The van der Waals surface area contributed by atoms with E-state index >= 15 is 0 Å². The van der Waals surface area contributed by atoms with E-state index in [1.165, 1.54) is 42.1 Å². The molecule has 3 aromatic heterocycles. The third-order valence-electron chi connectivity index (χ3n) is 4.67. The highest BCUT2D eigenvalue weighted by Gasteiger charge is 2.20. The Bertz CT molecular complexity index is 1440. The second-order valence-corrected chi connectivity index (χ2v) is 9.07. The molecule has 0 atom stereocenters. The number of imidazole rings is 1. The van der Waals surface area contributed by atoms with Crippen LogP contribution in [-0.4, -0.2) is 40.5 Å². The Morgan fingerprint density at radius 2 is 1.88 bits per heavy atom. The first-order valence-electron chi connectivity index (χ1n) is 9.38. The topological polar surface area (TPSA) is 117 Å². The van der Waals surface area contributed by atoms with E-state index in [2.05, 4.69) is 20.5 Å². The summed E-state index contributed by atoms with van der Waals surface area (Å²) in [5, 5.41) is 11.9. The molecule has 0 aliphatic heterocycles. The summed E-state index contributed by atoms with van der Waals surface area (Å²) < 4.78 is 17.3. The van der Waals surface area contributed by atoms with Gasteiger partial charge < -0.3 is 4.57 Å². The fraction of sp³-hybridized carbons (Fsp3) is 0.263. The molecular formula is C19H18FN7O3S2. The number of benzene rings is 1. The van der Waals surface area contributed by atoms with Gasteiger partial charge in [-0.3, -0.25) is 24.0 Å². The largest absolute Gasteiger partial charge is 0.332 e. The number of halogens is 1. The minimum Gasteiger partial charge on any atom is -0.309 e. The lowest BCUT2D eigenvalue weighted by Gasteiger charge is -2.09. The van der Waals surface area contributed by atoms with Gasteiger partial charge in [0.1, 0.15) is 10.8 Å². The molecule has 32 heavy (non-hydrogen) atoms. The molecular weight excluding hydrogens is 457 g/mol. The Balaban J connectivity index is 1.71. The number of thioether (sulfide) groups is 1. The van der Waals surface area contributed by atoms with Gasteiger partial charge in [-0.25, -0.2) is 14.2 Å². The Hall–Kier alpha value is -3.32. The third-order valence-corrected chi connectivity index (χ3v) is 6.40. The van der Waals surface area contributed by atoms with Crippen LogP contribution in [0.25, 0.3) is 11.2 Å². The monoisotopic (exact) mass is 475 g/mol. The van der Waals surface area contributed by atoms with Crippen LogP contribution in [0.5, 0.6) is 0 Å². The maximum absolute atomic E-state index is 13.3. The van der Waals surface area contributed by atoms with Gasteiger partial charge in [0.05, 0.1) is 12.3 Å². The van der Waals surface area contributed by atoms with Crippen molar-refractivity contribution in [2.45, 2.75) is 18.6 Å². The standard InChI is InChI=1S/C19H18FN7O3S2/c1-10-23-24-17(32-10)21-13(28)9-31-18-22-15-14(16(29)26(3)19(30)25(15)2)27(18)8-11-4-6-12(20)7-5-11/h4-7H,8-9H2,1-3H3,(H,21,24,28). The Morgan fingerprint density at radius 3 is 2.53 bits per heavy atom. The van der Waals surface area contributed by atoms with E-state index in [4.69, 9.17) is 0 Å². The number of hydrogen-bond acceptors (Lipinski definition) is 8. The van der Waals surface area contributed by atoms with Crippen molar-refractivity contribution in [3.8, 4) is 0 Å². The number of nitrogens with one attached hydrogen (secondary N) is 1. The van der Waals surface area contributed by atoms with Gasteiger partial charge in [-0.15, -0.1) is 10.2 Å². The molecule has 3 heterocycles. The number of nitrogens with zero attached hydrogens (tertiary/aromatic N) is 6. The molecule has 0 aliphatic carbocycles. The summed E-state index contributed by atoms with van der Waals surface area (Å²) in [6.07, 6.45) is 0. The molecule has 166 valence electrons. The van der Waals surface area contributed by atoms with Gasteiger partial charge in [-0.1, -0.05) is 35.2 Å². The van der Waals surface area contributed by atoms with Crippen molar-refractivity contribution in [1.29, 1.82) is 0 Å². The van der Waals surface area contributed by atoms with Crippen LogP contribution in [0.2, 0.25) is 0 Å². The van der Waals surface area contributed by atoms with Crippen LogP contribution >= 0.6 is 23.1 Å². The average Bonchev–Trinajstić information content (AvgIpc) is 3.34. The summed E-state index contributed by atoms with van der Waals surface area (Å²) in [7, 11) is 2.92. The van der Waals surface area contributed by atoms with E-state index in [9.17, 15) is 18.8 Å². The molecule has 0 fully saturated rings. The SMILES string of the molecule is Cc1nnc(NC(=O)CSc2nc3c(c(=O)n(C)c(=O)n3C)n2Cc2ccc(F)cc2)s1. The lowest BCUT2D eigenvalue weighted by molar-refractivity contribution is -0.113. The van der Waals surface area contributed by atoms with E-state index in [0.29, 0.717) is 10.3 Å². The molecule has 0 bridgehead atoms. The predicted molar refractivity (Wildman–Crippen MR) is 120 cm³/mol. The summed E-state index contributed by atoms with van der Waals surface area (Å²) in [5.41, 5.74) is 0.162. The fourth-order valence-corrected chi connectivity index (χ4v) is 4.49. The van der Waals surface area contributed by atoms with Crippen LogP contribution in [-0.2, 0) is 25.4 Å². The second kappa shape index (κ2) is 8.67. The third kappa shape index (κ3) is 4.21. The molecule has 4 rings (SSSR count). The summed E-state index contributed by atoms with van der Waals surface area (Å²) in [6, 6.07) is 5.86. The summed E-state index contributed by atoms with van der Waals surface area (Å²) in [5.74, 6) is -0.686. The molecule has 0 spiro atoms. The number of carbonyl (C=O) groups excluding carboxylic acids is 1. The molecule has 0 unspecified atom stereocenters. The van der Waals surface area contributed by atoms with Crippen LogP contribution in [0, 0.1) is 12.7 Å². The zero-order valence-electron chi connectivity index (χ0n) is 17.3. The minimum absolute atomic E-state index is 0.000368. The quantitative estimate of drug-likeness (QED) is 0.420. The van der Waals surface area contributed by atoms with E-state index in [1.807, 2.05) is 0 Å². The normalized spacial score (nSPS) is 11.2. The van der Waals surface area contributed by atoms with Crippen molar-refractivity contribution in [3.05, 3.63) is 61.5 Å². The van der Waals surface area contributed by atoms with Crippen LogP contribution in [0.3, 0.4) is 0 Å². The van der Waals surface area contributed by atoms with E-state index in [1.54, 1.807) is 23.6 Å². The molecule has 1 N–H and O–H groups in total. The van der Waals surface area contributed by atoms with Crippen LogP contribution in [0.4, 0.5) is 9.52 Å². The van der Waals surface area contributed by atoms with Crippen LogP contribution in [0.15, 0.2) is 39.0 Å². The van der Waals surface area contributed by atoms with Crippen molar-refractivity contribution >= 4 is 45.3 Å². The molecule has 1 aromatic carbocycles. The van der Waals surface area contributed by atoms with Crippen molar-refractivity contribution in [1.82, 2.24) is 28.9 Å². The van der Waals surface area contributed by atoms with Crippen molar-refractivity contribution in [3.63, 3.8) is 0 Å². The highest BCUT2D eigenvalue weighted by atomic mass is 32.2. The van der Waals surface area contributed by atoms with Crippen molar-refractivity contribution < 1.29 is 9.18 Å². The zero-order chi connectivity index (χ0) is 23.0. The minimum atomic E-state index is -0.505. The number of aryl methyl sites for hydroxylation is 2. The maximum Gasteiger partial charge on any atom is 0.332 e. The summed E-state index contributed by atoms with van der Waals surface area (Å²) in [4.78, 5) is 42.1. The zero-order valence-corrected chi connectivity index (χ0v) is 19.0. The highest BCUT2D eigenvalue weighted by molar-refractivity contribution is 7.99. The molecule has 1 amide bonds. The summed E-state index contributed by atoms with van der Waals surface area (Å²) in [6.45, 7) is 1.99. The van der Waals surface area contributed by atoms with Gasteiger partial charge in [-0.05, 0) is 24.6 Å². The molecule has 0 saturated carbocycles. The maximum atomic E-state index is 13.3. The average molecular weight is 476 g/mol. The number of rotatable bonds is 6.